The number of nitro groups is 1. The first-order valence-corrected chi connectivity index (χ1v) is 4.52. The van der Waals surface area contributed by atoms with E-state index in [2.05, 4.69) is 5.32 Å². The van der Waals surface area contributed by atoms with Crippen molar-refractivity contribution in [2.45, 2.75) is 13.8 Å². The van der Waals surface area contributed by atoms with E-state index in [1.807, 2.05) is 0 Å². The third kappa shape index (κ3) is 2.44. The Labute approximate surface area is 91.2 Å². The largest absolute Gasteiger partial charge is 0.321 e. The topological polar surface area (TPSA) is 72.2 Å². The van der Waals surface area contributed by atoms with E-state index < -0.39 is 4.92 Å². The molecule has 0 spiro atoms. The van der Waals surface area contributed by atoms with Crippen LogP contribution in [0.5, 0.6) is 0 Å². The molecule has 0 saturated heterocycles. The number of rotatable bonds is 2. The molecule has 1 N–H and O–H groups in total. The number of halogens is 1. The molecule has 0 saturated carbocycles. The van der Waals surface area contributed by atoms with Crippen LogP contribution < -0.4 is 5.32 Å². The highest BCUT2D eigenvalue weighted by molar-refractivity contribution is 6.34. The van der Waals surface area contributed by atoms with Gasteiger partial charge in [-0.3, -0.25) is 14.9 Å². The first-order valence-electron chi connectivity index (χ1n) is 4.14. The SMILES string of the molecule is CC(=O)Nc1ccc(C)c(Cl)c1[N+](=O)[O-]. The van der Waals surface area contributed by atoms with E-state index in [0.29, 0.717) is 5.56 Å². The van der Waals surface area contributed by atoms with Crippen molar-refractivity contribution in [2.75, 3.05) is 5.32 Å². The Hall–Kier alpha value is -1.62. The van der Waals surface area contributed by atoms with Crippen molar-refractivity contribution in [1.29, 1.82) is 0 Å². The van der Waals surface area contributed by atoms with Gasteiger partial charge in [-0.25, -0.2) is 0 Å². The number of hydrogen-bond donors (Lipinski definition) is 1. The lowest BCUT2D eigenvalue weighted by atomic mass is 10.2. The van der Waals surface area contributed by atoms with Gasteiger partial charge in [-0.2, -0.15) is 0 Å². The number of amides is 1. The maximum absolute atomic E-state index is 10.8. The summed E-state index contributed by atoms with van der Waals surface area (Å²) >= 11 is 5.78. The number of nitro benzene ring substituents is 1. The summed E-state index contributed by atoms with van der Waals surface area (Å²) in [5.41, 5.74) is 0.437. The Morgan fingerprint density at radius 3 is 2.60 bits per heavy atom. The number of anilines is 1. The van der Waals surface area contributed by atoms with Crippen molar-refractivity contribution >= 4 is 28.9 Å². The first kappa shape index (κ1) is 11.5. The van der Waals surface area contributed by atoms with Crippen LogP contribution in [0.25, 0.3) is 0 Å². The molecular formula is C9H9ClN2O3. The van der Waals surface area contributed by atoms with Crippen LogP contribution in [0.4, 0.5) is 11.4 Å². The third-order valence-electron chi connectivity index (χ3n) is 1.80. The van der Waals surface area contributed by atoms with Gasteiger partial charge in [-0.1, -0.05) is 17.7 Å². The van der Waals surface area contributed by atoms with Gasteiger partial charge >= 0.3 is 5.69 Å². The molecule has 0 atom stereocenters. The zero-order chi connectivity index (χ0) is 11.6. The molecule has 0 aliphatic heterocycles. The van der Waals surface area contributed by atoms with Crippen molar-refractivity contribution in [2.24, 2.45) is 0 Å². The first-order chi connectivity index (χ1) is 6.93. The van der Waals surface area contributed by atoms with E-state index in [1.165, 1.54) is 13.0 Å². The number of nitrogens with zero attached hydrogens (tertiary/aromatic N) is 1. The standard InChI is InChI=1S/C9H9ClN2O3/c1-5-3-4-7(11-6(2)13)9(8(5)10)12(14)15/h3-4H,1-2H3,(H,11,13). The summed E-state index contributed by atoms with van der Waals surface area (Å²) in [6.45, 7) is 2.93. The van der Waals surface area contributed by atoms with E-state index in [-0.39, 0.29) is 22.3 Å². The zero-order valence-electron chi connectivity index (χ0n) is 8.20. The quantitative estimate of drug-likeness (QED) is 0.624. The van der Waals surface area contributed by atoms with Crippen LogP contribution in [0.2, 0.25) is 5.02 Å². The molecule has 0 aliphatic rings. The smallest absolute Gasteiger partial charge is 0.311 e. The lowest BCUT2D eigenvalue weighted by molar-refractivity contribution is -0.383. The van der Waals surface area contributed by atoms with Gasteiger partial charge in [0.2, 0.25) is 5.91 Å². The number of aryl methyl sites for hydroxylation is 1. The Morgan fingerprint density at radius 2 is 2.13 bits per heavy atom. The Kier molecular flexibility index (Phi) is 3.26. The Balaban J connectivity index is 3.33. The van der Waals surface area contributed by atoms with Crippen molar-refractivity contribution in [1.82, 2.24) is 0 Å². The molecule has 1 rings (SSSR count). The second-order valence-electron chi connectivity index (χ2n) is 3.03. The lowest BCUT2D eigenvalue weighted by Crippen LogP contribution is -2.08. The van der Waals surface area contributed by atoms with E-state index in [0.717, 1.165) is 0 Å². The van der Waals surface area contributed by atoms with Crippen molar-refractivity contribution in [3.8, 4) is 0 Å². The van der Waals surface area contributed by atoms with E-state index in [9.17, 15) is 14.9 Å². The minimum atomic E-state index is -0.611. The summed E-state index contributed by atoms with van der Waals surface area (Å²) in [7, 11) is 0. The number of hydrogen-bond acceptors (Lipinski definition) is 3. The zero-order valence-corrected chi connectivity index (χ0v) is 8.96. The van der Waals surface area contributed by atoms with Crippen LogP contribution in [-0.2, 0) is 4.79 Å². The number of carbonyl (C=O) groups is 1. The summed E-state index contributed by atoms with van der Waals surface area (Å²) < 4.78 is 0. The fraction of sp³-hybridized carbons (Fsp3) is 0.222. The molecular weight excluding hydrogens is 220 g/mol. The van der Waals surface area contributed by atoms with Gasteiger partial charge in [-0.05, 0) is 18.6 Å². The second kappa shape index (κ2) is 4.27. The normalized spacial score (nSPS) is 9.80. The highest BCUT2D eigenvalue weighted by Gasteiger charge is 2.20. The fourth-order valence-electron chi connectivity index (χ4n) is 1.13. The molecule has 1 aromatic rings. The molecule has 80 valence electrons. The summed E-state index contributed by atoms with van der Waals surface area (Å²) in [6.07, 6.45) is 0. The molecule has 0 heterocycles. The van der Waals surface area contributed by atoms with Gasteiger partial charge in [0.15, 0.2) is 0 Å². The van der Waals surface area contributed by atoms with E-state index in [1.54, 1.807) is 13.0 Å². The van der Waals surface area contributed by atoms with Crippen LogP contribution in [-0.4, -0.2) is 10.8 Å². The average Bonchev–Trinajstić information content (AvgIpc) is 2.10. The number of carbonyl (C=O) groups excluding carboxylic acids is 1. The van der Waals surface area contributed by atoms with Crippen molar-refractivity contribution in [3.63, 3.8) is 0 Å². The Bertz CT molecular complexity index is 432. The van der Waals surface area contributed by atoms with Crippen LogP contribution in [0, 0.1) is 17.0 Å². The van der Waals surface area contributed by atoms with Gasteiger partial charge in [0.1, 0.15) is 10.7 Å². The maximum Gasteiger partial charge on any atom is 0.311 e. The molecule has 1 aromatic carbocycles. The van der Waals surface area contributed by atoms with Crippen molar-refractivity contribution in [3.05, 3.63) is 32.8 Å². The molecule has 6 heteroatoms. The summed E-state index contributed by atoms with van der Waals surface area (Å²) in [5, 5.41) is 13.2. The summed E-state index contributed by atoms with van der Waals surface area (Å²) in [6, 6.07) is 3.07. The minimum absolute atomic E-state index is 0.0475. The highest BCUT2D eigenvalue weighted by Crippen LogP contribution is 2.34. The van der Waals surface area contributed by atoms with Crippen LogP contribution >= 0.6 is 11.6 Å². The van der Waals surface area contributed by atoms with Crippen LogP contribution in [0.15, 0.2) is 12.1 Å². The molecule has 15 heavy (non-hydrogen) atoms. The van der Waals surface area contributed by atoms with Gasteiger partial charge in [0.25, 0.3) is 0 Å². The van der Waals surface area contributed by atoms with Crippen LogP contribution in [0.3, 0.4) is 0 Å². The van der Waals surface area contributed by atoms with E-state index in [4.69, 9.17) is 11.6 Å². The second-order valence-corrected chi connectivity index (χ2v) is 3.41. The Morgan fingerprint density at radius 1 is 1.53 bits per heavy atom. The average molecular weight is 229 g/mol. The molecule has 1 amide bonds. The monoisotopic (exact) mass is 228 g/mol. The number of nitrogens with one attached hydrogen (secondary N) is 1. The fourth-order valence-corrected chi connectivity index (χ4v) is 1.37. The third-order valence-corrected chi connectivity index (χ3v) is 2.28. The van der Waals surface area contributed by atoms with Gasteiger partial charge in [0, 0.05) is 6.92 Å². The maximum atomic E-state index is 10.8. The van der Waals surface area contributed by atoms with Gasteiger partial charge in [-0.15, -0.1) is 0 Å². The number of benzene rings is 1. The molecule has 0 bridgehead atoms. The summed E-state index contributed by atoms with van der Waals surface area (Å²) in [4.78, 5) is 20.9. The predicted octanol–water partition coefficient (Wildman–Crippen LogP) is 2.52. The molecule has 0 aliphatic carbocycles. The molecule has 0 radical (unpaired) electrons. The minimum Gasteiger partial charge on any atom is -0.321 e. The van der Waals surface area contributed by atoms with Crippen molar-refractivity contribution < 1.29 is 9.72 Å². The van der Waals surface area contributed by atoms with E-state index >= 15 is 0 Å². The molecule has 5 nitrogen and oxygen atoms in total. The van der Waals surface area contributed by atoms with Gasteiger partial charge in [0.05, 0.1) is 4.92 Å². The van der Waals surface area contributed by atoms with Crippen LogP contribution in [0.1, 0.15) is 12.5 Å². The molecule has 0 aromatic heterocycles. The highest BCUT2D eigenvalue weighted by atomic mass is 35.5. The predicted molar refractivity (Wildman–Crippen MR) is 57.1 cm³/mol. The van der Waals surface area contributed by atoms with Gasteiger partial charge < -0.3 is 5.32 Å². The lowest BCUT2D eigenvalue weighted by Gasteiger charge is -2.06. The summed E-state index contributed by atoms with van der Waals surface area (Å²) in [5.74, 6) is -0.377. The molecule has 0 fully saturated rings. The molecule has 0 unspecified atom stereocenters.